The van der Waals surface area contributed by atoms with E-state index in [1.807, 2.05) is 24.3 Å². The van der Waals surface area contributed by atoms with E-state index in [1.165, 1.54) is 10.4 Å². The third kappa shape index (κ3) is 2.99. The molecule has 3 rings (SSSR count). The first-order valence-electron chi connectivity index (χ1n) is 6.92. The summed E-state index contributed by atoms with van der Waals surface area (Å²) in [6.07, 6.45) is 3.09. The number of benzene rings is 1. The number of carbonyl (C=O) groups is 1. The van der Waals surface area contributed by atoms with Crippen molar-refractivity contribution in [3.05, 3.63) is 51.7 Å². The number of nitrogens with two attached hydrogens (primary N) is 1. The van der Waals surface area contributed by atoms with Gasteiger partial charge in [0.1, 0.15) is 4.99 Å². The van der Waals surface area contributed by atoms with Crippen LogP contribution in [0.2, 0.25) is 0 Å². The molecule has 1 unspecified atom stereocenters. The number of thiocarbonyl (C=S) groups is 1. The minimum absolute atomic E-state index is 0.0322. The Labute approximate surface area is 133 Å². The van der Waals surface area contributed by atoms with Gasteiger partial charge in [0.15, 0.2) is 0 Å². The molecule has 2 aromatic rings. The molecule has 3 N–H and O–H groups in total. The van der Waals surface area contributed by atoms with Crippen LogP contribution in [0.15, 0.2) is 35.7 Å². The fraction of sp³-hybridized carbons (Fsp3) is 0.250. The maximum atomic E-state index is 12.5. The molecule has 0 radical (unpaired) electrons. The summed E-state index contributed by atoms with van der Waals surface area (Å²) in [5.41, 5.74) is 8.35. The highest BCUT2D eigenvalue weighted by atomic mass is 32.1. The van der Waals surface area contributed by atoms with Gasteiger partial charge in [-0.05, 0) is 60.5 Å². The molecule has 0 bridgehead atoms. The molecule has 5 heteroatoms. The molecule has 3 nitrogen and oxygen atoms in total. The zero-order valence-corrected chi connectivity index (χ0v) is 13.1. The molecule has 0 saturated heterocycles. The molecule has 0 spiro atoms. The quantitative estimate of drug-likeness (QED) is 0.853. The number of hydrogen-bond acceptors (Lipinski definition) is 3. The van der Waals surface area contributed by atoms with E-state index >= 15 is 0 Å². The maximum Gasteiger partial charge on any atom is 0.231 e. The van der Waals surface area contributed by atoms with Crippen LogP contribution in [-0.2, 0) is 11.2 Å². The Hall–Kier alpha value is -1.72. The molecule has 0 saturated carbocycles. The zero-order chi connectivity index (χ0) is 14.8. The van der Waals surface area contributed by atoms with Gasteiger partial charge in [-0.25, -0.2) is 0 Å². The normalized spacial score (nSPS) is 17.0. The van der Waals surface area contributed by atoms with E-state index in [-0.39, 0.29) is 11.8 Å². The first-order chi connectivity index (χ1) is 10.1. The highest BCUT2D eigenvalue weighted by Crippen LogP contribution is 2.35. The number of carbonyl (C=O) groups excluding carboxylic acids is 1. The van der Waals surface area contributed by atoms with Crippen molar-refractivity contribution < 1.29 is 4.79 Å². The van der Waals surface area contributed by atoms with Crippen molar-refractivity contribution in [2.24, 2.45) is 5.73 Å². The van der Waals surface area contributed by atoms with E-state index in [4.69, 9.17) is 18.0 Å². The van der Waals surface area contributed by atoms with Crippen LogP contribution >= 0.6 is 23.6 Å². The van der Waals surface area contributed by atoms with Crippen LogP contribution in [0, 0.1) is 0 Å². The Morgan fingerprint density at radius 3 is 2.76 bits per heavy atom. The smallest absolute Gasteiger partial charge is 0.231 e. The molecule has 1 aromatic carbocycles. The monoisotopic (exact) mass is 316 g/mol. The summed E-state index contributed by atoms with van der Waals surface area (Å²) in [5, 5.41) is 5.07. The number of nitrogens with one attached hydrogen (secondary N) is 1. The maximum absolute atomic E-state index is 12.5. The topological polar surface area (TPSA) is 55.1 Å². The van der Waals surface area contributed by atoms with Crippen molar-refractivity contribution in [3.8, 4) is 0 Å². The Kier molecular flexibility index (Phi) is 4.03. The summed E-state index contributed by atoms with van der Waals surface area (Å²) in [6.45, 7) is 0. The second-order valence-corrected chi connectivity index (χ2v) is 6.62. The number of anilines is 1. The lowest BCUT2D eigenvalue weighted by Crippen LogP contribution is -2.23. The molecule has 108 valence electrons. The van der Waals surface area contributed by atoms with E-state index in [0.717, 1.165) is 30.5 Å². The molecular formula is C16H16N2OS2. The molecule has 0 fully saturated rings. The fourth-order valence-electron chi connectivity index (χ4n) is 2.71. The summed E-state index contributed by atoms with van der Waals surface area (Å²) in [5.74, 6) is 0.0349. The molecule has 1 aliphatic carbocycles. The number of thiophene rings is 1. The van der Waals surface area contributed by atoms with Crippen LogP contribution in [0.3, 0.4) is 0 Å². The van der Waals surface area contributed by atoms with Gasteiger partial charge in [-0.3, -0.25) is 4.79 Å². The summed E-state index contributed by atoms with van der Waals surface area (Å²) in [7, 11) is 0. The van der Waals surface area contributed by atoms with Gasteiger partial charge in [0.25, 0.3) is 0 Å². The predicted octanol–water partition coefficient (Wildman–Crippen LogP) is 3.44. The van der Waals surface area contributed by atoms with Gasteiger partial charge < -0.3 is 11.1 Å². The van der Waals surface area contributed by atoms with Crippen LogP contribution in [0.5, 0.6) is 0 Å². The van der Waals surface area contributed by atoms with Crippen molar-refractivity contribution in [2.75, 3.05) is 5.32 Å². The van der Waals surface area contributed by atoms with Gasteiger partial charge >= 0.3 is 0 Å². The molecule has 1 heterocycles. The van der Waals surface area contributed by atoms with Crippen LogP contribution in [-0.4, -0.2) is 10.9 Å². The molecule has 1 atom stereocenters. The lowest BCUT2D eigenvalue weighted by molar-refractivity contribution is -0.117. The van der Waals surface area contributed by atoms with Crippen LogP contribution in [0.1, 0.15) is 34.8 Å². The highest BCUT2D eigenvalue weighted by molar-refractivity contribution is 7.80. The number of rotatable bonds is 3. The average molecular weight is 316 g/mol. The van der Waals surface area contributed by atoms with Gasteiger partial charge in [-0.2, -0.15) is 0 Å². The van der Waals surface area contributed by atoms with Crippen LogP contribution < -0.4 is 11.1 Å². The molecule has 1 aliphatic rings. The molecule has 0 aliphatic heterocycles. The van der Waals surface area contributed by atoms with E-state index in [0.29, 0.717) is 4.99 Å². The fourth-order valence-corrected chi connectivity index (χ4v) is 3.83. The molecular weight excluding hydrogens is 300 g/mol. The van der Waals surface area contributed by atoms with Crippen molar-refractivity contribution in [1.82, 2.24) is 0 Å². The molecule has 1 aromatic heterocycles. The Morgan fingerprint density at radius 1 is 1.29 bits per heavy atom. The number of amides is 1. The number of fused-ring (bicyclic) bond motifs is 1. The SMILES string of the molecule is NC(=S)c1ccc(NC(=O)C2CCCc3sccc32)cc1. The standard InChI is InChI=1S/C16H16N2OS2/c17-15(20)10-4-6-11(7-5-10)18-16(19)13-2-1-3-14-12(13)8-9-21-14/h4-9,13H,1-3H2,(H2,17,20)(H,18,19). The Morgan fingerprint density at radius 2 is 2.05 bits per heavy atom. The van der Waals surface area contributed by atoms with Gasteiger partial charge in [0.2, 0.25) is 5.91 Å². The second kappa shape index (κ2) is 5.95. The Bertz CT molecular complexity index is 676. The summed E-state index contributed by atoms with van der Waals surface area (Å²) >= 11 is 6.67. The van der Waals surface area contributed by atoms with Crippen molar-refractivity contribution in [1.29, 1.82) is 0 Å². The Balaban J connectivity index is 1.74. The minimum Gasteiger partial charge on any atom is -0.389 e. The van der Waals surface area contributed by atoms with Crippen molar-refractivity contribution >= 4 is 40.1 Å². The highest BCUT2D eigenvalue weighted by Gasteiger charge is 2.27. The third-order valence-corrected chi connectivity index (χ3v) is 5.04. The van der Waals surface area contributed by atoms with Gasteiger partial charge in [0, 0.05) is 16.1 Å². The first kappa shape index (κ1) is 14.2. The van der Waals surface area contributed by atoms with E-state index in [9.17, 15) is 4.79 Å². The van der Waals surface area contributed by atoms with Crippen LogP contribution in [0.25, 0.3) is 0 Å². The average Bonchev–Trinajstić information content (AvgIpc) is 2.96. The predicted molar refractivity (Wildman–Crippen MR) is 91.0 cm³/mol. The van der Waals surface area contributed by atoms with Gasteiger partial charge in [-0.15, -0.1) is 11.3 Å². The summed E-state index contributed by atoms with van der Waals surface area (Å²) in [4.78, 5) is 14.2. The lowest BCUT2D eigenvalue weighted by Gasteiger charge is -2.21. The molecule has 21 heavy (non-hydrogen) atoms. The molecule has 1 amide bonds. The van der Waals surface area contributed by atoms with Crippen LogP contribution in [0.4, 0.5) is 5.69 Å². The van der Waals surface area contributed by atoms with Gasteiger partial charge in [0.05, 0.1) is 5.92 Å². The zero-order valence-electron chi connectivity index (χ0n) is 11.5. The number of hydrogen-bond donors (Lipinski definition) is 2. The van der Waals surface area contributed by atoms with E-state index in [1.54, 1.807) is 11.3 Å². The third-order valence-electron chi connectivity index (χ3n) is 3.81. The summed E-state index contributed by atoms with van der Waals surface area (Å²) in [6, 6.07) is 9.41. The van der Waals surface area contributed by atoms with E-state index < -0.39 is 0 Å². The van der Waals surface area contributed by atoms with E-state index in [2.05, 4.69) is 16.8 Å². The summed E-state index contributed by atoms with van der Waals surface area (Å²) < 4.78 is 0. The van der Waals surface area contributed by atoms with Crippen molar-refractivity contribution in [2.45, 2.75) is 25.2 Å². The number of aryl methyl sites for hydroxylation is 1. The van der Waals surface area contributed by atoms with Crippen molar-refractivity contribution in [3.63, 3.8) is 0 Å². The second-order valence-electron chi connectivity index (χ2n) is 5.17. The minimum atomic E-state index is -0.0322. The van der Waals surface area contributed by atoms with Gasteiger partial charge in [-0.1, -0.05) is 12.2 Å². The first-order valence-corrected chi connectivity index (χ1v) is 8.21. The largest absolute Gasteiger partial charge is 0.389 e. The lowest BCUT2D eigenvalue weighted by atomic mass is 9.87.